The Morgan fingerprint density at radius 1 is 0.246 bits per heavy atom. The van der Waals surface area contributed by atoms with Crippen LogP contribution in [0, 0.1) is 0 Å². The maximum absolute atomic E-state index is 6.50. The Hall–Kier alpha value is -15.0. The quantitative estimate of drug-likeness (QED) is 0.0987. The van der Waals surface area contributed by atoms with Crippen LogP contribution in [0.2, 0.25) is 5.28 Å². The molecule has 598 valence electrons. The van der Waals surface area contributed by atoms with Crippen molar-refractivity contribution in [2.75, 3.05) is 0 Å². The molecule has 0 bridgehead atoms. The molecule has 126 heavy (non-hydrogen) atoms. The summed E-state index contributed by atoms with van der Waals surface area (Å²) in [5, 5.41) is 11.8. The first-order valence-corrected chi connectivity index (χ1v) is 43.4. The molecule has 1 aliphatic heterocycles. The van der Waals surface area contributed by atoms with E-state index in [2.05, 4.69) is 396 Å². The molecule has 8 nitrogen and oxygen atoms in total. The first-order chi connectivity index (χ1) is 61.8. The molecule has 0 spiro atoms. The molecule has 10 heteroatoms. The molecule has 22 aromatic rings. The Morgan fingerprint density at radius 3 is 1.03 bits per heavy atom. The van der Waals surface area contributed by atoms with E-state index in [0.29, 0.717) is 5.82 Å². The van der Waals surface area contributed by atoms with E-state index in [1.165, 1.54) is 111 Å². The number of benzene rings is 18. The fourth-order valence-corrected chi connectivity index (χ4v) is 20.0. The van der Waals surface area contributed by atoms with Crippen LogP contribution in [0.4, 0.5) is 0 Å². The lowest BCUT2D eigenvalue weighted by molar-refractivity contribution is 0.00578. The van der Waals surface area contributed by atoms with Gasteiger partial charge in [0.25, 0.3) is 0 Å². The first-order valence-electron chi connectivity index (χ1n) is 43.0. The van der Waals surface area contributed by atoms with Gasteiger partial charge in [0.05, 0.1) is 44.5 Å². The number of furan rings is 2. The minimum atomic E-state index is -0.568. The highest BCUT2D eigenvalue weighted by Gasteiger charge is 2.53. The smallest absolute Gasteiger partial charge is 0.456 e. The largest absolute Gasteiger partial charge is 0.494 e. The number of hydrogen-bond donors (Lipinski definition) is 0. The number of rotatable bonds is 10. The molecule has 1 fully saturated rings. The van der Waals surface area contributed by atoms with Crippen LogP contribution < -0.4 is 5.46 Å². The lowest BCUT2D eigenvalue weighted by Crippen LogP contribution is -2.41. The highest BCUT2D eigenvalue weighted by molar-refractivity contribution is 6.62. The Bertz CT molecular complexity index is 7970. The highest BCUT2D eigenvalue weighted by atomic mass is 35.5. The van der Waals surface area contributed by atoms with Gasteiger partial charge in [0.15, 0.2) is 5.82 Å². The third-order valence-corrected chi connectivity index (χ3v) is 26.8. The van der Waals surface area contributed by atoms with Crippen molar-refractivity contribution in [1.29, 1.82) is 0 Å². The van der Waals surface area contributed by atoms with Crippen LogP contribution >= 0.6 is 11.6 Å². The van der Waals surface area contributed by atoms with Gasteiger partial charge >= 0.3 is 7.12 Å². The van der Waals surface area contributed by atoms with E-state index in [9.17, 15) is 0 Å². The Balaban J connectivity index is 0.000000117. The molecule has 1 saturated heterocycles. The molecule has 0 radical (unpaired) electrons. The van der Waals surface area contributed by atoms with Crippen LogP contribution in [-0.4, -0.2) is 38.3 Å². The van der Waals surface area contributed by atoms with Crippen molar-refractivity contribution in [3.63, 3.8) is 0 Å². The van der Waals surface area contributed by atoms with Gasteiger partial charge in [-0.1, -0.05) is 364 Å². The summed E-state index contributed by atoms with van der Waals surface area (Å²) in [5.41, 5.74) is 29.0. The van der Waals surface area contributed by atoms with Crippen molar-refractivity contribution in [3.8, 4) is 78.4 Å². The minimum Gasteiger partial charge on any atom is -0.456 e. The molecular formula is C116H80BClN4O4. The van der Waals surface area contributed by atoms with Crippen molar-refractivity contribution in [3.05, 3.63) is 462 Å². The fraction of sp³-hybridized carbons (Fsp3) is 0.0690. The Labute approximate surface area is 734 Å². The second-order valence-corrected chi connectivity index (χ2v) is 34.5. The van der Waals surface area contributed by atoms with Gasteiger partial charge in [0.2, 0.25) is 5.28 Å². The maximum atomic E-state index is 6.50. The van der Waals surface area contributed by atoms with Crippen molar-refractivity contribution in [2.45, 2.75) is 49.7 Å². The van der Waals surface area contributed by atoms with Gasteiger partial charge < -0.3 is 18.1 Å². The predicted molar refractivity (Wildman–Crippen MR) is 518 cm³/mol. The van der Waals surface area contributed by atoms with Crippen LogP contribution in [0.5, 0.6) is 0 Å². The van der Waals surface area contributed by atoms with Gasteiger partial charge in [-0.05, 0) is 204 Å². The van der Waals surface area contributed by atoms with Crippen LogP contribution in [0.15, 0.2) is 421 Å². The van der Waals surface area contributed by atoms with E-state index in [0.717, 1.165) is 99.2 Å². The number of halogens is 1. The SMILES string of the molecule is CC1(C)OB(c2ccc(C3(c4ccc5c(c4)oc4ccccc45)c4ccccc4-c4ccccc43)cc2)OC1(C)C.Clc1nc(-c2ccc(-c3ccc4ccccc4c3)cc2)c2ccccc2n1.c1ccc2c(c1)-c1ccccc1C2(c1ccc(-c2nc(-c3ccc(-c4ccc5ccccc5c4)cc3)c3ccccc3n2)cc1)c1ccc2c(c1)oc1ccccc12. The van der Waals surface area contributed by atoms with Gasteiger partial charge in [-0.3, -0.25) is 0 Å². The van der Waals surface area contributed by atoms with Crippen LogP contribution in [0.25, 0.3) is 166 Å². The zero-order valence-electron chi connectivity index (χ0n) is 69.6. The van der Waals surface area contributed by atoms with Crippen molar-refractivity contribution in [2.24, 2.45) is 0 Å². The number of aromatic nitrogens is 4. The van der Waals surface area contributed by atoms with Crippen LogP contribution in [0.1, 0.15) is 72.2 Å². The number of hydrogen-bond acceptors (Lipinski definition) is 8. The molecule has 18 aromatic carbocycles. The minimum absolute atomic E-state index is 0.266. The summed E-state index contributed by atoms with van der Waals surface area (Å²) < 4.78 is 25.7. The second-order valence-electron chi connectivity index (χ2n) is 34.1. The zero-order chi connectivity index (χ0) is 84.4. The highest BCUT2D eigenvalue weighted by Crippen LogP contribution is 2.59. The fourth-order valence-electron chi connectivity index (χ4n) is 19.8. The molecule has 2 aliphatic carbocycles. The molecule has 0 saturated carbocycles. The lowest BCUT2D eigenvalue weighted by atomic mass is 9.66. The number of nitrogens with zero attached hydrogens (tertiary/aromatic N) is 4. The van der Waals surface area contributed by atoms with Gasteiger partial charge in [0.1, 0.15) is 22.3 Å². The summed E-state index contributed by atoms with van der Waals surface area (Å²) in [6.45, 7) is 8.38. The van der Waals surface area contributed by atoms with E-state index >= 15 is 0 Å². The summed E-state index contributed by atoms with van der Waals surface area (Å²) in [4.78, 5) is 19.2. The summed E-state index contributed by atoms with van der Waals surface area (Å²) in [7, 11) is -0.403. The van der Waals surface area contributed by atoms with E-state index < -0.39 is 17.9 Å². The standard InChI is InChI=1S/C55H34N2O.C37H31BO3.C24H15ClN2/c1-2-12-39-33-40(26-23-35(39)11-1)36-21-24-37(25-22-36)53-47-16-5-9-19-50(47)56-54(57-53)38-27-29-41(30-28-38)55(48-17-7-3-13-43(48)44-14-4-8-18-49(44)55)42-31-32-46-45-15-6-10-20-51(45)58-52(46)34-42;1-35(2)36(3,4)41-38(40-35)26-20-17-24(18-21-26)37(31-14-8-5-11-27(31)28-12-6-9-15-32(28)37)25-19-22-30-29-13-7-10-16-33(29)39-34(30)23-25;25-24-26-22-8-4-3-7-21(22)23(27-24)18-12-9-17(10-13-18)20-14-11-16-5-1-2-6-19(16)15-20/h1-34H;5-23H,1-4H3;1-15H. The maximum Gasteiger partial charge on any atom is 0.494 e. The lowest BCUT2D eigenvalue weighted by Gasteiger charge is -2.34. The van der Waals surface area contributed by atoms with Crippen molar-refractivity contribution < 1.29 is 18.1 Å². The average molecular weight is 1640 g/mol. The number of fused-ring (bicyclic) bond motifs is 16. The van der Waals surface area contributed by atoms with Gasteiger partial charge in [-0.15, -0.1) is 0 Å². The molecular weight excluding hydrogens is 1560 g/mol. The molecule has 0 unspecified atom stereocenters. The topological polar surface area (TPSA) is 96.3 Å². The third kappa shape index (κ3) is 12.6. The normalized spacial score (nSPS) is 14.2. The molecule has 0 N–H and O–H groups in total. The number of para-hydroxylation sites is 4. The summed E-state index contributed by atoms with van der Waals surface area (Å²) in [6.07, 6.45) is 0. The summed E-state index contributed by atoms with van der Waals surface area (Å²) >= 11 is 6.13. The molecule has 4 aromatic heterocycles. The van der Waals surface area contributed by atoms with Crippen molar-refractivity contribution in [1.82, 2.24) is 19.9 Å². The third-order valence-electron chi connectivity index (χ3n) is 26.6. The summed E-state index contributed by atoms with van der Waals surface area (Å²) in [6, 6.07) is 147. The van der Waals surface area contributed by atoms with E-state index in [-0.39, 0.29) is 16.5 Å². The second kappa shape index (κ2) is 30.2. The zero-order valence-corrected chi connectivity index (χ0v) is 70.4. The molecule has 5 heterocycles. The van der Waals surface area contributed by atoms with E-state index in [1.807, 2.05) is 54.6 Å². The summed E-state index contributed by atoms with van der Waals surface area (Å²) in [5.74, 6) is 0.698. The van der Waals surface area contributed by atoms with E-state index in [1.54, 1.807) is 0 Å². The first kappa shape index (κ1) is 76.0. The van der Waals surface area contributed by atoms with Crippen LogP contribution in [-0.2, 0) is 20.1 Å². The molecule has 0 amide bonds. The van der Waals surface area contributed by atoms with Gasteiger partial charge in [-0.25, -0.2) is 19.9 Å². The van der Waals surface area contributed by atoms with Crippen molar-refractivity contribution >= 4 is 111 Å². The monoisotopic (exact) mass is 1640 g/mol. The Kier molecular flexibility index (Phi) is 18.2. The molecule has 0 atom stereocenters. The predicted octanol–water partition coefficient (Wildman–Crippen LogP) is 29.1. The van der Waals surface area contributed by atoms with E-state index in [4.69, 9.17) is 39.7 Å². The molecule has 25 rings (SSSR count). The van der Waals surface area contributed by atoms with Crippen LogP contribution in [0.3, 0.4) is 0 Å². The van der Waals surface area contributed by atoms with Gasteiger partial charge in [0, 0.05) is 49.0 Å². The van der Waals surface area contributed by atoms with Gasteiger partial charge in [-0.2, -0.15) is 0 Å². The molecule has 3 aliphatic rings. The average Bonchev–Trinajstić information content (AvgIpc) is 1.54. The Morgan fingerprint density at radius 2 is 0.579 bits per heavy atom.